The minimum Gasteiger partial charge on any atom is -0.492 e. The molecule has 0 atom stereocenters. The Bertz CT molecular complexity index is 743. The fourth-order valence-electron chi connectivity index (χ4n) is 2.36. The molecule has 0 bridgehead atoms. The molecule has 3 rings (SSSR count). The zero-order valence-corrected chi connectivity index (χ0v) is 13.7. The number of aromatic nitrogens is 1. The normalized spacial score (nSPS) is 15.5. The van der Waals surface area contributed by atoms with Gasteiger partial charge in [0, 0.05) is 19.6 Å². The summed E-state index contributed by atoms with van der Waals surface area (Å²) in [5.41, 5.74) is 0.994. The number of hydrogen-bond donors (Lipinski definition) is 0. The quantitative estimate of drug-likeness (QED) is 0.822. The first-order chi connectivity index (χ1) is 10.7. The Kier molecular flexibility index (Phi) is 4.59. The first kappa shape index (κ1) is 15.2. The number of carbonyl (C=O) groups excluding carboxylic acids is 1. The zero-order chi connectivity index (χ0) is 15.5. The minimum absolute atomic E-state index is 0.00400. The van der Waals surface area contributed by atoms with Crippen molar-refractivity contribution in [3.8, 4) is 5.75 Å². The lowest BCUT2D eigenvalue weighted by Gasteiger charge is -2.09. The molecule has 0 spiro atoms. The Balaban J connectivity index is 2.13. The summed E-state index contributed by atoms with van der Waals surface area (Å²) >= 11 is 1.53. The van der Waals surface area contributed by atoms with E-state index in [0.29, 0.717) is 19.8 Å². The molecule has 1 aromatic heterocycles. The molecule has 5 nitrogen and oxygen atoms in total. The zero-order valence-electron chi connectivity index (χ0n) is 12.9. The molecule has 0 saturated heterocycles. The molecule has 6 heteroatoms. The number of carbonyl (C=O) groups is 1. The second kappa shape index (κ2) is 6.62. The van der Waals surface area contributed by atoms with Crippen molar-refractivity contribution in [1.29, 1.82) is 0 Å². The summed E-state index contributed by atoms with van der Waals surface area (Å²) in [6, 6.07) is 5.96. The van der Waals surface area contributed by atoms with Crippen molar-refractivity contribution in [2.24, 2.45) is 10.9 Å². The highest BCUT2D eigenvalue weighted by molar-refractivity contribution is 7.16. The Morgan fingerprint density at radius 1 is 1.45 bits per heavy atom. The average Bonchev–Trinajstić information content (AvgIpc) is 3.29. The molecule has 1 aliphatic carbocycles. The minimum atomic E-state index is -0.00400. The summed E-state index contributed by atoms with van der Waals surface area (Å²) in [5.74, 6) is 0.954. The fourth-order valence-corrected chi connectivity index (χ4v) is 3.44. The number of methoxy groups -OCH3 is 1. The lowest BCUT2D eigenvalue weighted by atomic mass is 10.3. The highest BCUT2D eigenvalue weighted by Gasteiger charge is 2.29. The Labute approximate surface area is 133 Å². The molecule has 2 aromatic rings. The van der Waals surface area contributed by atoms with Crippen LogP contribution in [0.5, 0.6) is 5.75 Å². The molecule has 1 aromatic carbocycles. The van der Waals surface area contributed by atoms with Gasteiger partial charge in [0.2, 0.25) is 0 Å². The SMILES string of the molecule is CCOc1cccc2sc(=NC(=O)C3CC3)n(CCOC)c12. The van der Waals surface area contributed by atoms with Crippen molar-refractivity contribution in [3.05, 3.63) is 23.0 Å². The summed E-state index contributed by atoms with van der Waals surface area (Å²) in [6.45, 7) is 3.79. The van der Waals surface area contributed by atoms with Crippen molar-refractivity contribution in [3.63, 3.8) is 0 Å². The van der Waals surface area contributed by atoms with Gasteiger partial charge in [-0.3, -0.25) is 4.79 Å². The van der Waals surface area contributed by atoms with E-state index in [9.17, 15) is 4.79 Å². The third-order valence-electron chi connectivity index (χ3n) is 3.62. The van der Waals surface area contributed by atoms with Gasteiger partial charge in [0.15, 0.2) is 4.80 Å². The maximum absolute atomic E-state index is 12.1. The molecule has 1 heterocycles. The highest BCUT2D eigenvalue weighted by Crippen LogP contribution is 2.31. The van der Waals surface area contributed by atoms with Gasteiger partial charge in [-0.2, -0.15) is 4.99 Å². The van der Waals surface area contributed by atoms with Crippen LogP contribution in [-0.4, -0.2) is 30.8 Å². The molecular weight excluding hydrogens is 300 g/mol. The van der Waals surface area contributed by atoms with Crippen LogP contribution in [0.1, 0.15) is 19.8 Å². The van der Waals surface area contributed by atoms with E-state index in [0.717, 1.165) is 33.6 Å². The van der Waals surface area contributed by atoms with Gasteiger partial charge in [0.05, 0.1) is 17.9 Å². The van der Waals surface area contributed by atoms with Gasteiger partial charge in [-0.25, -0.2) is 0 Å². The molecule has 1 fully saturated rings. The molecule has 118 valence electrons. The molecule has 1 aliphatic rings. The number of ether oxygens (including phenoxy) is 2. The number of benzene rings is 1. The van der Waals surface area contributed by atoms with Gasteiger partial charge in [-0.1, -0.05) is 17.4 Å². The van der Waals surface area contributed by atoms with Crippen LogP contribution >= 0.6 is 11.3 Å². The lowest BCUT2D eigenvalue weighted by Crippen LogP contribution is -2.20. The molecule has 0 radical (unpaired) electrons. The van der Waals surface area contributed by atoms with E-state index >= 15 is 0 Å². The summed E-state index contributed by atoms with van der Waals surface area (Å²) in [6.07, 6.45) is 1.94. The number of amides is 1. The van der Waals surface area contributed by atoms with Gasteiger partial charge < -0.3 is 14.0 Å². The Morgan fingerprint density at radius 3 is 2.95 bits per heavy atom. The van der Waals surface area contributed by atoms with E-state index in [1.54, 1.807) is 7.11 Å². The maximum atomic E-state index is 12.1. The Hall–Kier alpha value is -1.66. The molecule has 0 N–H and O–H groups in total. The second-order valence-electron chi connectivity index (χ2n) is 5.29. The van der Waals surface area contributed by atoms with Crippen LogP contribution in [0.2, 0.25) is 0 Å². The number of para-hydroxylation sites is 1. The van der Waals surface area contributed by atoms with Gasteiger partial charge in [0.1, 0.15) is 11.3 Å². The number of fused-ring (bicyclic) bond motifs is 1. The van der Waals surface area contributed by atoms with E-state index in [2.05, 4.69) is 4.99 Å². The Morgan fingerprint density at radius 2 is 2.27 bits per heavy atom. The van der Waals surface area contributed by atoms with Crippen LogP contribution in [-0.2, 0) is 16.1 Å². The molecule has 0 aliphatic heterocycles. The van der Waals surface area contributed by atoms with Crippen molar-refractivity contribution < 1.29 is 14.3 Å². The maximum Gasteiger partial charge on any atom is 0.251 e. The van der Waals surface area contributed by atoms with Crippen molar-refractivity contribution >= 4 is 27.5 Å². The van der Waals surface area contributed by atoms with E-state index < -0.39 is 0 Å². The van der Waals surface area contributed by atoms with Crippen molar-refractivity contribution in [1.82, 2.24) is 4.57 Å². The smallest absolute Gasteiger partial charge is 0.251 e. The first-order valence-corrected chi connectivity index (χ1v) is 8.39. The van der Waals surface area contributed by atoms with E-state index in [1.165, 1.54) is 11.3 Å². The van der Waals surface area contributed by atoms with Crippen molar-refractivity contribution in [2.45, 2.75) is 26.3 Å². The topological polar surface area (TPSA) is 52.8 Å². The first-order valence-electron chi connectivity index (χ1n) is 7.57. The summed E-state index contributed by atoms with van der Waals surface area (Å²) < 4.78 is 14.0. The second-order valence-corrected chi connectivity index (χ2v) is 6.30. The summed E-state index contributed by atoms with van der Waals surface area (Å²) in [5, 5.41) is 0. The summed E-state index contributed by atoms with van der Waals surface area (Å²) in [4.78, 5) is 17.1. The number of nitrogens with zero attached hydrogens (tertiary/aromatic N) is 2. The standard InChI is InChI=1S/C16H20N2O3S/c1-3-21-12-5-4-6-13-14(12)18(9-10-20-2)16(22-13)17-15(19)11-7-8-11/h4-6,11H,3,7-10H2,1-2H3. The summed E-state index contributed by atoms with van der Waals surface area (Å²) in [7, 11) is 1.67. The van der Waals surface area contributed by atoms with Crippen LogP contribution in [0.3, 0.4) is 0 Å². The molecular formula is C16H20N2O3S. The van der Waals surface area contributed by atoms with Crippen LogP contribution in [0.4, 0.5) is 0 Å². The molecule has 22 heavy (non-hydrogen) atoms. The van der Waals surface area contributed by atoms with E-state index in [4.69, 9.17) is 9.47 Å². The highest BCUT2D eigenvalue weighted by atomic mass is 32.1. The van der Waals surface area contributed by atoms with Gasteiger partial charge in [-0.15, -0.1) is 0 Å². The average molecular weight is 320 g/mol. The predicted molar refractivity (Wildman–Crippen MR) is 86.2 cm³/mol. The van der Waals surface area contributed by atoms with Crippen LogP contribution in [0.15, 0.2) is 23.2 Å². The third-order valence-corrected chi connectivity index (χ3v) is 4.66. The van der Waals surface area contributed by atoms with E-state index in [-0.39, 0.29) is 11.8 Å². The molecule has 1 saturated carbocycles. The molecule has 0 unspecified atom stereocenters. The van der Waals surface area contributed by atoms with Gasteiger partial charge >= 0.3 is 0 Å². The number of thiazole rings is 1. The predicted octanol–water partition coefficient (Wildman–Crippen LogP) is 2.59. The van der Waals surface area contributed by atoms with E-state index in [1.807, 2.05) is 29.7 Å². The van der Waals surface area contributed by atoms with Crippen LogP contribution in [0.25, 0.3) is 10.2 Å². The molecule has 1 amide bonds. The van der Waals surface area contributed by atoms with Crippen LogP contribution < -0.4 is 9.54 Å². The largest absolute Gasteiger partial charge is 0.492 e. The van der Waals surface area contributed by atoms with Crippen molar-refractivity contribution in [2.75, 3.05) is 20.3 Å². The fraction of sp³-hybridized carbons (Fsp3) is 0.500. The van der Waals surface area contributed by atoms with Gasteiger partial charge in [0.25, 0.3) is 5.91 Å². The monoisotopic (exact) mass is 320 g/mol. The lowest BCUT2D eigenvalue weighted by molar-refractivity contribution is -0.119. The third kappa shape index (κ3) is 3.08. The number of hydrogen-bond acceptors (Lipinski definition) is 4. The number of rotatable bonds is 6. The van der Waals surface area contributed by atoms with Gasteiger partial charge in [-0.05, 0) is 31.9 Å². The van der Waals surface area contributed by atoms with Crippen LogP contribution in [0, 0.1) is 5.92 Å².